The summed E-state index contributed by atoms with van der Waals surface area (Å²) in [6.07, 6.45) is 6.94. The van der Waals surface area contributed by atoms with E-state index in [4.69, 9.17) is 9.72 Å². The fourth-order valence-electron chi connectivity index (χ4n) is 5.12. The molecule has 0 saturated heterocycles. The Morgan fingerprint density at radius 2 is 1.97 bits per heavy atom. The maximum absolute atomic E-state index is 13.1. The molecule has 3 heterocycles. The Hall–Kier alpha value is -2.58. The summed E-state index contributed by atoms with van der Waals surface area (Å²) in [6, 6.07) is 8.10. The van der Waals surface area contributed by atoms with Crippen molar-refractivity contribution in [2.75, 3.05) is 0 Å². The summed E-state index contributed by atoms with van der Waals surface area (Å²) in [4.78, 5) is 40.0. The number of aromatic amines is 1. The molecule has 0 unspecified atom stereocenters. The highest BCUT2D eigenvalue weighted by Crippen LogP contribution is 2.41. The van der Waals surface area contributed by atoms with Gasteiger partial charge in [-0.3, -0.25) is 9.59 Å². The monoisotopic (exact) mass is 465 g/mol. The maximum atomic E-state index is 13.1. The number of carbonyl (C=O) groups excluding carboxylic acids is 1. The normalized spacial score (nSPS) is 20.6. The van der Waals surface area contributed by atoms with Crippen molar-refractivity contribution in [1.29, 1.82) is 0 Å². The fourth-order valence-corrected chi connectivity index (χ4v) is 7.57. The number of thiazole rings is 1. The highest BCUT2D eigenvalue weighted by Gasteiger charge is 2.35. The Morgan fingerprint density at radius 3 is 2.88 bits per heavy atom. The zero-order valence-electron chi connectivity index (χ0n) is 17.6. The van der Waals surface area contributed by atoms with E-state index in [0.29, 0.717) is 5.82 Å². The number of nitrogens with zero attached hydrogens (tertiary/aromatic N) is 2. The van der Waals surface area contributed by atoms with Crippen LogP contribution in [0.15, 0.2) is 29.1 Å². The van der Waals surface area contributed by atoms with Crippen molar-refractivity contribution in [2.45, 2.75) is 57.5 Å². The largest absolute Gasteiger partial charge is 0.457 e. The van der Waals surface area contributed by atoms with Crippen LogP contribution in [0.1, 0.15) is 59.3 Å². The molecule has 2 aliphatic carbocycles. The van der Waals surface area contributed by atoms with Gasteiger partial charge in [0, 0.05) is 10.8 Å². The highest BCUT2D eigenvalue weighted by atomic mass is 32.1. The van der Waals surface area contributed by atoms with Crippen LogP contribution in [0.5, 0.6) is 0 Å². The summed E-state index contributed by atoms with van der Waals surface area (Å²) < 4.78 is 6.84. The van der Waals surface area contributed by atoms with Gasteiger partial charge in [0.05, 0.1) is 26.5 Å². The highest BCUT2D eigenvalue weighted by molar-refractivity contribution is 7.19. The molecule has 6 rings (SSSR count). The van der Waals surface area contributed by atoms with Crippen LogP contribution in [-0.4, -0.2) is 20.9 Å². The molecule has 0 radical (unpaired) electrons. The standard InChI is InChI=1S/C24H23N3O3S2/c28-21-20-15-8-5-11-17(15)31-23(20)27-19(26-21)12-30-24(29)14-7-2-1-6-13(14)22-25-16-9-3-4-10-18(16)32-22/h3-4,9-10,13-14H,1-2,5-8,11-12H2,(H,26,27,28)/t13-,14-/m1/s1. The molecule has 1 aromatic carbocycles. The minimum absolute atomic E-state index is 0.00432. The van der Waals surface area contributed by atoms with Crippen molar-refractivity contribution >= 4 is 49.1 Å². The van der Waals surface area contributed by atoms with Gasteiger partial charge in [0.1, 0.15) is 17.3 Å². The number of para-hydroxylation sites is 1. The van der Waals surface area contributed by atoms with E-state index >= 15 is 0 Å². The molecule has 32 heavy (non-hydrogen) atoms. The third-order valence-corrected chi connectivity index (χ3v) is 9.03. The van der Waals surface area contributed by atoms with Crippen LogP contribution in [0, 0.1) is 5.92 Å². The summed E-state index contributed by atoms with van der Waals surface area (Å²) in [5, 5.41) is 1.75. The minimum Gasteiger partial charge on any atom is -0.457 e. The average molecular weight is 466 g/mol. The summed E-state index contributed by atoms with van der Waals surface area (Å²) in [5.41, 5.74) is 2.02. The average Bonchev–Trinajstić information content (AvgIpc) is 3.51. The van der Waals surface area contributed by atoms with Crippen molar-refractivity contribution in [3.63, 3.8) is 0 Å². The first-order valence-corrected chi connectivity index (χ1v) is 12.9. The van der Waals surface area contributed by atoms with Gasteiger partial charge in [-0.05, 0) is 49.8 Å². The Bertz CT molecular complexity index is 1350. The first-order chi connectivity index (χ1) is 15.7. The number of nitrogens with one attached hydrogen (secondary N) is 1. The van der Waals surface area contributed by atoms with E-state index in [2.05, 4.69) is 16.0 Å². The number of hydrogen-bond donors (Lipinski definition) is 1. The zero-order chi connectivity index (χ0) is 21.7. The summed E-state index contributed by atoms with van der Waals surface area (Å²) in [6.45, 7) is -0.00432. The molecule has 1 N–H and O–H groups in total. The van der Waals surface area contributed by atoms with E-state index < -0.39 is 0 Å². The maximum Gasteiger partial charge on any atom is 0.310 e. The molecule has 0 amide bonds. The Labute approximate surface area is 192 Å². The number of hydrogen-bond acceptors (Lipinski definition) is 7. The second-order valence-electron chi connectivity index (χ2n) is 8.68. The van der Waals surface area contributed by atoms with Gasteiger partial charge in [-0.15, -0.1) is 22.7 Å². The number of esters is 1. The molecule has 4 aromatic rings. The summed E-state index contributed by atoms with van der Waals surface area (Å²) >= 11 is 3.27. The van der Waals surface area contributed by atoms with Crippen molar-refractivity contribution in [3.8, 4) is 0 Å². The van der Waals surface area contributed by atoms with Gasteiger partial charge in [0.15, 0.2) is 0 Å². The topological polar surface area (TPSA) is 84.9 Å². The fraction of sp³-hybridized carbons (Fsp3) is 0.417. The molecule has 0 spiro atoms. The van der Waals surface area contributed by atoms with Gasteiger partial charge < -0.3 is 9.72 Å². The predicted molar refractivity (Wildman–Crippen MR) is 126 cm³/mol. The number of fused-ring (bicyclic) bond motifs is 4. The Balaban J connectivity index is 1.21. The van der Waals surface area contributed by atoms with Gasteiger partial charge >= 0.3 is 5.97 Å². The molecular weight excluding hydrogens is 442 g/mol. The van der Waals surface area contributed by atoms with Crippen LogP contribution >= 0.6 is 22.7 Å². The predicted octanol–water partition coefficient (Wildman–Crippen LogP) is 5.10. The van der Waals surface area contributed by atoms with Crippen LogP contribution < -0.4 is 5.56 Å². The molecule has 6 nitrogen and oxygen atoms in total. The third kappa shape index (κ3) is 3.46. The lowest BCUT2D eigenvalue weighted by molar-refractivity contribution is -0.152. The lowest BCUT2D eigenvalue weighted by atomic mass is 9.79. The number of H-pyrrole nitrogens is 1. The third-order valence-electron chi connectivity index (χ3n) is 6.67. The van der Waals surface area contributed by atoms with Crippen molar-refractivity contribution in [3.05, 3.63) is 55.9 Å². The van der Waals surface area contributed by atoms with Crippen LogP contribution in [-0.2, 0) is 29.0 Å². The van der Waals surface area contributed by atoms with Gasteiger partial charge in [-0.2, -0.15) is 0 Å². The zero-order valence-corrected chi connectivity index (χ0v) is 19.2. The SMILES string of the molecule is O=C(OCc1nc2sc3c(c2c(=O)[nH]1)CCC3)[C@@H]1CCCC[C@H]1c1nc2ccccc2s1. The molecule has 1 fully saturated rings. The number of aromatic nitrogens is 3. The molecule has 1 saturated carbocycles. The number of thiophene rings is 1. The number of rotatable bonds is 4. The number of benzene rings is 1. The van der Waals surface area contributed by atoms with Crippen LogP contribution in [0.2, 0.25) is 0 Å². The second kappa shape index (κ2) is 8.08. The lowest BCUT2D eigenvalue weighted by Gasteiger charge is -2.28. The van der Waals surface area contributed by atoms with Gasteiger partial charge in [0.2, 0.25) is 0 Å². The Morgan fingerprint density at radius 1 is 1.09 bits per heavy atom. The second-order valence-corrected chi connectivity index (χ2v) is 10.8. The van der Waals surface area contributed by atoms with Gasteiger partial charge in [-0.25, -0.2) is 9.97 Å². The minimum atomic E-state index is -0.217. The smallest absolute Gasteiger partial charge is 0.310 e. The van der Waals surface area contributed by atoms with Crippen molar-refractivity contribution in [2.24, 2.45) is 5.92 Å². The van der Waals surface area contributed by atoms with Crippen molar-refractivity contribution in [1.82, 2.24) is 15.0 Å². The Kier molecular flexibility index (Phi) is 5.07. The number of ether oxygens (including phenoxy) is 1. The summed E-state index contributed by atoms with van der Waals surface area (Å²) in [5.74, 6) is 0.0854. The molecule has 2 aliphatic rings. The number of aryl methyl sites for hydroxylation is 2. The van der Waals surface area contributed by atoms with Gasteiger partial charge in [0.25, 0.3) is 5.56 Å². The first kappa shape index (κ1) is 20.1. The molecule has 0 aliphatic heterocycles. The van der Waals surface area contributed by atoms with E-state index in [1.54, 1.807) is 22.7 Å². The van der Waals surface area contributed by atoms with E-state index in [1.807, 2.05) is 18.2 Å². The van der Waals surface area contributed by atoms with E-state index in [9.17, 15) is 9.59 Å². The van der Waals surface area contributed by atoms with Crippen LogP contribution in [0.4, 0.5) is 0 Å². The first-order valence-electron chi connectivity index (χ1n) is 11.2. The molecule has 8 heteroatoms. The van der Waals surface area contributed by atoms with E-state index in [-0.39, 0.29) is 30.0 Å². The van der Waals surface area contributed by atoms with Crippen LogP contribution in [0.25, 0.3) is 20.4 Å². The van der Waals surface area contributed by atoms with Crippen LogP contribution in [0.3, 0.4) is 0 Å². The molecule has 0 bridgehead atoms. The lowest BCUT2D eigenvalue weighted by Crippen LogP contribution is -2.28. The number of carbonyl (C=O) groups is 1. The molecule has 164 valence electrons. The molecule has 2 atom stereocenters. The molecule has 3 aromatic heterocycles. The van der Waals surface area contributed by atoms with E-state index in [1.165, 1.54) is 4.88 Å². The molecular formula is C24H23N3O3S2. The summed E-state index contributed by atoms with van der Waals surface area (Å²) in [7, 11) is 0. The van der Waals surface area contributed by atoms with E-state index in [0.717, 1.165) is 76.0 Å². The van der Waals surface area contributed by atoms with Crippen molar-refractivity contribution < 1.29 is 9.53 Å². The van der Waals surface area contributed by atoms with Gasteiger partial charge in [-0.1, -0.05) is 25.0 Å². The quantitative estimate of drug-likeness (QED) is 0.424.